The number of aliphatic hydroxyl groups is 1. The summed E-state index contributed by atoms with van der Waals surface area (Å²) in [5.41, 5.74) is 6.86. The zero-order chi connectivity index (χ0) is 13.8. The first-order valence-corrected chi connectivity index (χ1v) is 6.56. The monoisotopic (exact) mass is 264 g/mol. The van der Waals surface area contributed by atoms with Gasteiger partial charge in [-0.3, -0.25) is 4.79 Å². The first-order chi connectivity index (χ1) is 9.06. The Balaban J connectivity index is 1.90. The van der Waals surface area contributed by atoms with Gasteiger partial charge in [-0.15, -0.1) is 0 Å². The quantitative estimate of drug-likeness (QED) is 0.730. The highest BCUT2D eigenvalue weighted by molar-refractivity contribution is 5.82. The number of amides is 1. The van der Waals surface area contributed by atoms with Crippen LogP contribution < -0.4 is 5.73 Å². The molecule has 5 heteroatoms. The van der Waals surface area contributed by atoms with E-state index in [2.05, 4.69) is 0 Å². The minimum atomic E-state index is -0.570. The summed E-state index contributed by atoms with van der Waals surface area (Å²) in [6, 6.07) is 6.14. The molecule has 0 aliphatic carbocycles. The lowest BCUT2D eigenvalue weighted by molar-refractivity contribution is -0.134. The van der Waals surface area contributed by atoms with E-state index in [1.54, 1.807) is 29.2 Å². The Kier molecular flexibility index (Phi) is 4.39. The summed E-state index contributed by atoms with van der Waals surface area (Å²) in [6.07, 6.45) is 1.41. The standard InChI is InChI=1S/C14H20N2O3/c15-13(9-10-1-3-11(17)4-2-10)14(19)16-7-5-12(18)6-8-16/h1-4,12-13,17-18H,5-9,15H2/t13-/m1/s1. The Labute approximate surface area is 112 Å². The number of phenols is 1. The Morgan fingerprint density at radius 3 is 2.47 bits per heavy atom. The molecule has 0 radical (unpaired) electrons. The fourth-order valence-electron chi connectivity index (χ4n) is 2.29. The van der Waals surface area contributed by atoms with Crippen molar-refractivity contribution in [3.8, 4) is 5.75 Å². The molecule has 1 aromatic rings. The van der Waals surface area contributed by atoms with Crippen LogP contribution in [0.3, 0.4) is 0 Å². The molecule has 1 aromatic carbocycles. The molecule has 1 aliphatic heterocycles. The number of likely N-dealkylation sites (tertiary alicyclic amines) is 1. The predicted molar refractivity (Wildman–Crippen MR) is 71.6 cm³/mol. The summed E-state index contributed by atoms with van der Waals surface area (Å²) < 4.78 is 0. The van der Waals surface area contributed by atoms with Gasteiger partial charge in [0, 0.05) is 13.1 Å². The Morgan fingerprint density at radius 1 is 1.32 bits per heavy atom. The lowest BCUT2D eigenvalue weighted by Crippen LogP contribution is -2.48. The van der Waals surface area contributed by atoms with Gasteiger partial charge in [-0.05, 0) is 37.0 Å². The fraction of sp³-hybridized carbons (Fsp3) is 0.500. The Morgan fingerprint density at radius 2 is 1.89 bits per heavy atom. The van der Waals surface area contributed by atoms with Crippen molar-refractivity contribution < 1.29 is 15.0 Å². The lowest BCUT2D eigenvalue weighted by atomic mass is 10.0. The molecule has 0 spiro atoms. The largest absolute Gasteiger partial charge is 0.508 e. The average Bonchev–Trinajstić information content (AvgIpc) is 2.41. The highest BCUT2D eigenvalue weighted by atomic mass is 16.3. The average molecular weight is 264 g/mol. The van der Waals surface area contributed by atoms with Gasteiger partial charge >= 0.3 is 0 Å². The maximum absolute atomic E-state index is 12.1. The molecule has 5 nitrogen and oxygen atoms in total. The van der Waals surface area contributed by atoms with Crippen molar-refractivity contribution in [3.05, 3.63) is 29.8 Å². The minimum Gasteiger partial charge on any atom is -0.508 e. The molecule has 1 fully saturated rings. The van der Waals surface area contributed by atoms with E-state index >= 15 is 0 Å². The third-order valence-corrected chi connectivity index (χ3v) is 3.49. The molecule has 0 saturated carbocycles. The second kappa shape index (κ2) is 6.04. The van der Waals surface area contributed by atoms with E-state index in [1.165, 1.54) is 0 Å². The van der Waals surface area contributed by atoms with Crippen LogP contribution in [0.2, 0.25) is 0 Å². The second-order valence-corrected chi connectivity index (χ2v) is 5.03. The van der Waals surface area contributed by atoms with E-state index in [0.717, 1.165) is 5.56 Å². The SMILES string of the molecule is N[C@H](Cc1ccc(O)cc1)C(=O)N1CCC(O)CC1. The first kappa shape index (κ1) is 13.8. The van der Waals surface area contributed by atoms with Crippen molar-refractivity contribution in [1.29, 1.82) is 0 Å². The number of carbonyl (C=O) groups is 1. The molecule has 4 N–H and O–H groups in total. The third-order valence-electron chi connectivity index (χ3n) is 3.49. The van der Waals surface area contributed by atoms with Crippen LogP contribution in [0.1, 0.15) is 18.4 Å². The number of carbonyl (C=O) groups excluding carboxylic acids is 1. The van der Waals surface area contributed by atoms with Crippen molar-refractivity contribution in [1.82, 2.24) is 4.90 Å². The van der Waals surface area contributed by atoms with Crippen LogP contribution in [0.15, 0.2) is 24.3 Å². The smallest absolute Gasteiger partial charge is 0.239 e. The van der Waals surface area contributed by atoms with Crippen molar-refractivity contribution in [2.75, 3.05) is 13.1 Å². The number of nitrogens with zero attached hydrogens (tertiary/aromatic N) is 1. The highest BCUT2D eigenvalue weighted by Crippen LogP contribution is 2.14. The molecular weight excluding hydrogens is 244 g/mol. The molecule has 1 saturated heterocycles. The summed E-state index contributed by atoms with van der Waals surface area (Å²) in [4.78, 5) is 13.9. The summed E-state index contributed by atoms with van der Waals surface area (Å²) in [5, 5.41) is 18.6. The number of aliphatic hydroxyl groups excluding tert-OH is 1. The number of aromatic hydroxyl groups is 1. The van der Waals surface area contributed by atoms with Crippen LogP contribution in [0.5, 0.6) is 5.75 Å². The molecular formula is C14H20N2O3. The molecule has 0 unspecified atom stereocenters. The van der Waals surface area contributed by atoms with E-state index in [1.807, 2.05) is 0 Å². The number of hydrogen-bond donors (Lipinski definition) is 3. The van der Waals surface area contributed by atoms with Gasteiger partial charge in [-0.1, -0.05) is 12.1 Å². The summed E-state index contributed by atoms with van der Waals surface area (Å²) in [6.45, 7) is 1.15. The van der Waals surface area contributed by atoms with E-state index in [9.17, 15) is 15.0 Å². The normalized spacial score (nSPS) is 18.3. The van der Waals surface area contributed by atoms with Crippen molar-refractivity contribution in [3.63, 3.8) is 0 Å². The van der Waals surface area contributed by atoms with Gasteiger partial charge in [-0.25, -0.2) is 0 Å². The topological polar surface area (TPSA) is 86.8 Å². The number of piperidine rings is 1. The molecule has 2 rings (SSSR count). The van der Waals surface area contributed by atoms with E-state index in [-0.39, 0.29) is 17.8 Å². The Hall–Kier alpha value is -1.59. The van der Waals surface area contributed by atoms with Gasteiger partial charge < -0.3 is 20.8 Å². The van der Waals surface area contributed by atoms with Gasteiger partial charge in [0.1, 0.15) is 5.75 Å². The van der Waals surface area contributed by atoms with Crippen LogP contribution in [-0.4, -0.2) is 46.3 Å². The van der Waals surface area contributed by atoms with Crippen molar-refractivity contribution in [2.45, 2.75) is 31.4 Å². The molecule has 0 bridgehead atoms. The predicted octanol–water partition coefficient (Wildman–Crippen LogP) is 0.245. The number of phenolic OH excluding ortho intramolecular Hbond substituents is 1. The van der Waals surface area contributed by atoms with Gasteiger partial charge in [-0.2, -0.15) is 0 Å². The highest BCUT2D eigenvalue weighted by Gasteiger charge is 2.25. The summed E-state index contributed by atoms with van der Waals surface area (Å²) in [5.74, 6) is 0.133. The van der Waals surface area contributed by atoms with E-state index < -0.39 is 6.04 Å². The molecule has 19 heavy (non-hydrogen) atoms. The zero-order valence-electron chi connectivity index (χ0n) is 10.8. The zero-order valence-corrected chi connectivity index (χ0v) is 10.8. The molecule has 1 aliphatic rings. The number of rotatable bonds is 3. The van der Waals surface area contributed by atoms with Gasteiger partial charge in [0.15, 0.2) is 0 Å². The third kappa shape index (κ3) is 3.68. The van der Waals surface area contributed by atoms with Crippen LogP contribution in [0.4, 0.5) is 0 Å². The maximum atomic E-state index is 12.1. The maximum Gasteiger partial charge on any atom is 0.239 e. The molecule has 104 valence electrons. The van der Waals surface area contributed by atoms with Crippen LogP contribution in [0, 0.1) is 0 Å². The molecule has 0 aromatic heterocycles. The number of hydrogen-bond acceptors (Lipinski definition) is 4. The van der Waals surface area contributed by atoms with Crippen molar-refractivity contribution in [2.24, 2.45) is 5.73 Å². The molecule has 1 amide bonds. The Bertz CT molecular complexity index is 425. The van der Waals surface area contributed by atoms with Crippen LogP contribution in [-0.2, 0) is 11.2 Å². The first-order valence-electron chi connectivity index (χ1n) is 6.56. The summed E-state index contributed by atoms with van der Waals surface area (Å²) in [7, 11) is 0. The van der Waals surface area contributed by atoms with Gasteiger partial charge in [0.25, 0.3) is 0 Å². The summed E-state index contributed by atoms with van der Waals surface area (Å²) >= 11 is 0. The van der Waals surface area contributed by atoms with Crippen molar-refractivity contribution >= 4 is 5.91 Å². The number of nitrogens with two attached hydrogens (primary N) is 1. The number of benzene rings is 1. The van der Waals surface area contributed by atoms with Crippen LogP contribution >= 0.6 is 0 Å². The van der Waals surface area contributed by atoms with Crippen LogP contribution in [0.25, 0.3) is 0 Å². The minimum absolute atomic E-state index is 0.0695. The van der Waals surface area contributed by atoms with E-state index in [4.69, 9.17) is 5.73 Å². The lowest BCUT2D eigenvalue weighted by Gasteiger charge is -2.31. The van der Waals surface area contributed by atoms with E-state index in [0.29, 0.717) is 32.4 Å². The fourth-order valence-corrected chi connectivity index (χ4v) is 2.29. The molecule has 1 heterocycles. The molecule has 1 atom stereocenters. The van der Waals surface area contributed by atoms with Gasteiger partial charge in [0.2, 0.25) is 5.91 Å². The second-order valence-electron chi connectivity index (χ2n) is 5.03. The van der Waals surface area contributed by atoms with Gasteiger partial charge in [0.05, 0.1) is 12.1 Å².